The lowest BCUT2D eigenvalue weighted by Gasteiger charge is -2.26. The van der Waals surface area contributed by atoms with Crippen LogP contribution in [0.15, 0.2) is 24.3 Å². The number of hydrogen-bond donors (Lipinski definition) is 1. The van der Waals surface area contributed by atoms with Gasteiger partial charge in [-0.3, -0.25) is 9.59 Å². The topological polar surface area (TPSA) is 77.1 Å². The Kier molecular flexibility index (Phi) is 6.24. The predicted molar refractivity (Wildman–Crippen MR) is 115 cm³/mol. The minimum absolute atomic E-state index is 0.0422. The molecule has 1 N–H and O–H groups in total. The second-order valence-corrected chi connectivity index (χ2v) is 8.60. The lowest BCUT2D eigenvalue weighted by Crippen LogP contribution is -2.40. The Morgan fingerprint density at radius 1 is 1.17 bits per heavy atom. The third-order valence-electron chi connectivity index (χ3n) is 5.63. The van der Waals surface area contributed by atoms with E-state index < -0.39 is 0 Å². The molecule has 2 aliphatic rings. The number of amides is 2. The molecule has 0 unspecified atom stereocenters. The first-order valence-corrected chi connectivity index (χ1v) is 10.9. The number of nitrogens with one attached hydrogen (secondary N) is 1. The summed E-state index contributed by atoms with van der Waals surface area (Å²) in [7, 11) is 3.16. The zero-order valence-corrected chi connectivity index (χ0v) is 18.0. The molecule has 0 radical (unpaired) electrons. The fraction of sp³-hybridized carbons (Fsp3) is 0.455. The van der Waals surface area contributed by atoms with Crippen molar-refractivity contribution in [3.63, 3.8) is 0 Å². The van der Waals surface area contributed by atoms with E-state index in [9.17, 15) is 9.59 Å². The molecular weight excluding hydrogens is 404 g/mol. The van der Waals surface area contributed by atoms with E-state index in [0.29, 0.717) is 49.9 Å². The number of thiophene rings is 1. The standard InChI is InChI=1S/C22H26N2O5S/c1-27-16-4-5-18(28-2)17(13-16)23-21(25)14-3-6-19-15(11-14)12-20(30-19)22(26)24-7-9-29-10-8-24/h4-5,12-14H,3,6-11H2,1-2H3,(H,23,25)/t14-/m0/s1. The monoisotopic (exact) mass is 430 g/mol. The summed E-state index contributed by atoms with van der Waals surface area (Å²) in [5.74, 6) is 1.13. The smallest absolute Gasteiger partial charge is 0.264 e. The van der Waals surface area contributed by atoms with E-state index in [2.05, 4.69) is 5.32 Å². The Hall–Kier alpha value is -2.58. The minimum Gasteiger partial charge on any atom is -0.497 e. The molecular formula is C22H26N2O5S. The van der Waals surface area contributed by atoms with Gasteiger partial charge in [0.25, 0.3) is 5.91 Å². The van der Waals surface area contributed by atoms with Crippen LogP contribution in [0, 0.1) is 5.92 Å². The van der Waals surface area contributed by atoms with Crippen LogP contribution in [0.5, 0.6) is 11.5 Å². The zero-order chi connectivity index (χ0) is 21.1. The second-order valence-electron chi connectivity index (χ2n) is 7.46. The van der Waals surface area contributed by atoms with Gasteiger partial charge in [-0.25, -0.2) is 0 Å². The summed E-state index contributed by atoms with van der Waals surface area (Å²) < 4.78 is 15.9. The van der Waals surface area contributed by atoms with Crippen LogP contribution in [-0.2, 0) is 22.4 Å². The highest BCUT2D eigenvalue weighted by Crippen LogP contribution is 2.35. The van der Waals surface area contributed by atoms with Crippen LogP contribution in [0.1, 0.15) is 26.5 Å². The molecule has 2 amide bonds. The number of morpholine rings is 1. The van der Waals surface area contributed by atoms with E-state index in [1.165, 1.54) is 4.88 Å². The molecule has 1 saturated heterocycles. The molecule has 1 aliphatic heterocycles. The third kappa shape index (κ3) is 4.29. The van der Waals surface area contributed by atoms with Crippen LogP contribution in [0.4, 0.5) is 5.69 Å². The Morgan fingerprint density at radius 2 is 1.97 bits per heavy atom. The Balaban J connectivity index is 1.45. The Morgan fingerprint density at radius 3 is 2.70 bits per heavy atom. The number of ether oxygens (including phenoxy) is 3. The van der Waals surface area contributed by atoms with Crippen LogP contribution in [0.25, 0.3) is 0 Å². The highest BCUT2D eigenvalue weighted by atomic mass is 32.1. The van der Waals surface area contributed by atoms with Gasteiger partial charge in [-0.1, -0.05) is 0 Å². The van der Waals surface area contributed by atoms with E-state index >= 15 is 0 Å². The number of carbonyl (C=O) groups excluding carboxylic acids is 2. The first kappa shape index (κ1) is 20.7. The van der Waals surface area contributed by atoms with Crippen LogP contribution < -0.4 is 14.8 Å². The largest absolute Gasteiger partial charge is 0.497 e. The fourth-order valence-corrected chi connectivity index (χ4v) is 5.10. The van der Waals surface area contributed by atoms with E-state index in [4.69, 9.17) is 14.2 Å². The number of fused-ring (bicyclic) bond motifs is 1. The van der Waals surface area contributed by atoms with Gasteiger partial charge >= 0.3 is 0 Å². The molecule has 1 fully saturated rings. The van der Waals surface area contributed by atoms with Gasteiger partial charge in [0.05, 0.1) is 38.0 Å². The quantitative estimate of drug-likeness (QED) is 0.789. The van der Waals surface area contributed by atoms with Gasteiger partial charge < -0.3 is 24.4 Å². The van der Waals surface area contributed by atoms with Crippen LogP contribution in [0.2, 0.25) is 0 Å². The van der Waals surface area contributed by atoms with E-state index in [-0.39, 0.29) is 17.7 Å². The van der Waals surface area contributed by atoms with Gasteiger partial charge in [-0.05, 0) is 43.0 Å². The van der Waals surface area contributed by atoms with Crippen molar-refractivity contribution >= 4 is 28.8 Å². The maximum atomic E-state index is 12.9. The minimum atomic E-state index is -0.144. The van der Waals surface area contributed by atoms with Crippen molar-refractivity contribution < 1.29 is 23.8 Å². The molecule has 1 aromatic carbocycles. The van der Waals surface area contributed by atoms with Gasteiger partial charge in [-0.15, -0.1) is 11.3 Å². The summed E-state index contributed by atoms with van der Waals surface area (Å²) in [5.41, 5.74) is 1.71. The molecule has 1 aliphatic carbocycles. The number of nitrogens with zero attached hydrogens (tertiary/aromatic N) is 1. The van der Waals surface area contributed by atoms with Crippen molar-refractivity contribution in [2.24, 2.45) is 5.92 Å². The number of carbonyl (C=O) groups is 2. The Bertz CT molecular complexity index is 936. The zero-order valence-electron chi connectivity index (χ0n) is 17.2. The first-order chi connectivity index (χ1) is 14.6. The number of methoxy groups -OCH3 is 2. The van der Waals surface area contributed by atoms with Crippen LogP contribution >= 0.6 is 11.3 Å². The predicted octanol–water partition coefficient (Wildman–Crippen LogP) is 2.98. The molecule has 2 aromatic rings. The summed E-state index contributed by atoms with van der Waals surface area (Å²) in [6.45, 7) is 2.45. The summed E-state index contributed by atoms with van der Waals surface area (Å²) in [6.07, 6.45) is 2.21. The molecule has 0 spiro atoms. The maximum Gasteiger partial charge on any atom is 0.264 e. The van der Waals surface area contributed by atoms with Gasteiger partial charge in [0.2, 0.25) is 5.91 Å². The molecule has 1 atom stereocenters. The molecule has 30 heavy (non-hydrogen) atoms. The first-order valence-electron chi connectivity index (χ1n) is 10.1. The number of benzene rings is 1. The molecule has 0 saturated carbocycles. The van der Waals surface area contributed by atoms with Gasteiger partial charge in [-0.2, -0.15) is 0 Å². The number of hydrogen-bond acceptors (Lipinski definition) is 6. The average molecular weight is 431 g/mol. The highest BCUT2D eigenvalue weighted by Gasteiger charge is 2.29. The van der Waals surface area contributed by atoms with Crippen LogP contribution in [0.3, 0.4) is 0 Å². The summed E-state index contributed by atoms with van der Waals surface area (Å²) in [5, 5.41) is 2.99. The van der Waals surface area contributed by atoms with Gasteiger partial charge in [0.1, 0.15) is 11.5 Å². The highest BCUT2D eigenvalue weighted by molar-refractivity contribution is 7.14. The van der Waals surface area contributed by atoms with Crippen molar-refractivity contribution in [2.45, 2.75) is 19.3 Å². The van der Waals surface area contributed by atoms with Crippen LogP contribution in [-0.4, -0.2) is 57.2 Å². The van der Waals surface area contributed by atoms with Crippen molar-refractivity contribution in [1.29, 1.82) is 0 Å². The molecule has 160 valence electrons. The van der Waals surface area contributed by atoms with Gasteiger partial charge in [0.15, 0.2) is 0 Å². The van der Waals surface area contributed by atoms with Crippen molar-refractivity contribution in [1.82, 2.24) is 4.90 Å². The number of anilines is 1. The molecule has 8 heteroatoms. The Labute approximate surface area is 179 Å². The lowest BCUT2D eigenvalue weighted by atomic mass is 9.87. The fourth-order valence-electron chi connectivity index (χ4n) is 3.92. The van der Waals surface area contributed by atoms with E-state index in [1.54, 1.807) is 43.8 Å². The van der Waals surface area contributed by atoms with E-state index in [0.717, 1.165) is 23.3 Å². The average Bonchev–Trinajstić information content (AvgIpc) is 3.22. The van der Waals surface area contributed by atoms with Crippen molar-refractivity contribution in [3.05, 3.63) is 39.6 Å². The lowest BCUT2D eigenvalue weighted by molar-refractivity contribution is -0.120. The molecule has 2 heterocycles. The molecule has 1 aromatic heterocycles. The van der Waals surface area contributed by atoms with Crippen molar-refractivity contribution in [3.8, 4) is 11.5 Å². The maximum absolute atomic E-state index is 12.9. The molecule has 4 rings (SSSR count). The summed E-state index contributed by atoms with van der Waals surface area (Å²) in [6, 6.07) is 7.30. The van der Waals surface area contributed by atoms with Gasteiger partial charge in [0, 0.05) is 30.0 Å². The summed E-state index contributed by atoms with van der Waals surface area (Å²) >= 11 is 1.57. The summed E-state index contributed by atoms with van der Waals surface area (Å²) in [4.78, 5) is 29.5. The third-order valence-corrected chi connectivity index (χ3v) is 6.85. The second kappa shape index (κ2) is 9.06. The molecule has 0 bridgehead atoms. The molecule has 7 nitrogen and oxygen atoms in total. The van der Waals surface area contributed by atoms with E-state index in [1.807, 2.05) is 11.0 Å². The van der Waals surface area contributed by atoms with Crippen molar-refractivity contribution in [2.75, 3.05) is 45.8 Å². The number of aryl methyl sites for hydroxylation is 1. The SMILES string of the molecule is COc1ccc(OC)c(NC(=O)[C@H]2CCc3sc(C(=O)N4CCOCC4)cc3C2)c1. The number of rotatable bonds is 5. The normalized spacial score (nSPS) is 18.5.